The summed E-state index contributed by atoms with van der Waals surface area (Å²) in [4.78, 5) is 2.35. The molecule has 0 aromatic heterocycles. The van der Waals surface area contributed by atoms with Gasteiger partial charge in [0.25, 0.3) is 0 Å². The standard InChI is InChI=1S/C14H21BrN2O/c1-10(16-2)13-5-4-11(15)8-14(13)17(3)12-6-7-18-9-12/h4-5,8,10,12,16H,6-7,9H2,1-3H3. The zero-order chi connectivity index (χ0) is 13.1. The molecule has 0 saturated carbocycles. The minimum atomic E-state index is 0.345. The van der Waals surface area contributed by atoms with Crippen molar-refractivity contribution in [3.05, 3.63) is 28.2 Å². The molecule has 1 N–H and O–H groups in total. The Morgan fingerprint density at radius 1 is 1.50 bits per heavy atom. The fourth-order valence-electron chi connectivity index (χ4n) is 2.37. The van der Waals surface area contributed by atoms with Crippen molar-refractivity contribution in [3.8, 4) is 0 Å². The molecule has 3 nitrogen and oxygen atoms in total. The van der Waals surface area contributed by atoms with Crippen LogP contribution in [0.3, 0.4) is 0 Å². The summed E-state index contributed by atoms with van der Waals surface area (Å²) < 4.78 is 6.61. The summed E-state index contributed by atoms with van der Waals surface area (Å²) in [5, 5.41) is 3.31. The van der Waals surface area contributed by atoms with Crippen molar-refractivity contribution in [1.29, 1.82) is 0 Å². The van der Waals surface area contributed by atoms with Crippen LogP contribution in [-0.2, 0) is 4.74 Å². The third-order valence-electron chi connectivity index (χ3n) is 3.73. The quantitative estimate of drug-likeness (QED) is 0.925. The Bertz CT molecular complexity index is 405. The Kier molecular flexibility index (Phi) is 4.65. The largest absolute Gasteiger partial charge is 0.379 e. The Morgan fingerprint density at radius 3 is 2.89 bits per heavy atom. The van der Waals surface area contributed by atoms with Gasteiger partial charge in [-0.2, -0.15) is 0 Å². The van der Waals surface area contributed by atoms with Crippen LogP contribution in [0.4, 0.5) is 5.69 Å². The molecular weight excluding hydrogens is 292 g/mol. The number of rotatable bonds is 4. The molecule has 1 aliphatic heterocycles. The van der Waals surface area contributed by atoms with E-state index in [2.05, 4.69) is 58.3 Å². The zero-order valence-electron chi connectivity index (χ0n) is 11.2. The van der Waals surface area contributed by atoms with E-state index in [1.54, 1.807) is 0 Å². The molecule has 2 unspecified atom stereocenters. The Labute approximate surface area is 118 Å². The van der Waals surface area contributed by atoms with E-state index in [4.69, 9.17) is 4.74 Å². The molecule has 2 rings (SSSR count). The highest BCUT2D eigenvalue weighted by Gasteiger charge is 2.23. The first kappa shape index (κ1) is 13.8. The Morgan fingerprint density at radius 2 is 2.28 bits per heavy atom. The highest BCUT2D eigenvalue weighted by molar-refractivity contribution is 9.10. The second-order valence-electron chi connectivity index (χ2n) is 4.84. The van der Waals surface area contributed by atoms with Crippen LogP contribution in [0.25, 0.3) is 0 Å². The fraction of sp³-hybridized carbons (Fsp3) is 0.571. The van der Waals surface area contributed by atoms with Crippen LogP contribution in [0.2, 0.25) is 0 Å². The van der Waals surface area contributed by atoms with Crippen LogP contribution < -0.4 is 10.2 Å². The summed E-state index contributed by atoms with van der Waals surface area (Å²) in [6.45, 7) is 3.89. The van der Waals surface area contributed by atoms with E-state index in [1.807, 2.05) is 7.05 Å². The number of halogens is 1. The van der Waals surface area contributed by atoms with E-state index in [-0.39, 0.29) is 0 Å². The minimum absolute atomic E-state index is 0.345. The molecule has 0 amide bonds. The Balaban J connectivity index is 2.31. The summed E-state index contributed by atoms with van der Waals surface area (Å²) in [6.07, 6.45) is 1.11. The summed E-state index contributed by atoms with van der Waals surface area (Å²) in [6, 6.07) is 7.32. The average Bonchev–Trinajstić information content (AvgIpc) is 2.90. The van der Waals surface area contributed by atoms with Gasteiger partial charge in [0.1, 0.15) is 0 Å². The van der Waals surface area contributed by atoms with E-state index in [1.165, 1.54) is 11.3 Å². The summed E-state index contributed by atoms with van der Waals surface area (Å²) in [5.41, 5.74) is 2.61. The lowest BCUT2D eigenvalue weighted by atomic mass is 10.0. The monoisotopic (exact) mass is 312 g/mol. The normalized spacial score (nSPS) is 21.0. The first-order valence-electron chi connectivity index (χ1n) is 6.40. The molecule has 0 bridgehead atoms. The first-order chi connectivity index (χ1) is 8.63. The highest BCUT2D eigenvalue weighted by Crippen LogP contribution is 2.31. The Hall–Kier alpha value is -0.580. The van der Waals surface area contributed by atoms with Gasteiger partial charge in [0.05, 0.1) is 12.6 Å². The molecule has 1 aromatic rings. The number of benzene rings is 1. The number of nitrogens with zero attached hydrogens (tertiary/aromatic N) is 1. The number of ether oxygens (including phenoxy) is 1. The fourth-order valence-corrected chi connectivity index (χ4v) is 2.72. The lowest BCUT2D eigenvalue weighted by molar-refractivity contribution is 0.193. The lowest BCUT2D eigenvalue weighted by Crippen LogP contribution is -2.33. The average molecular weight is 313 g/mol. The molecule has 1 aliphatic rings. The molecule has 1 fully saturated rings. The number of hydrogen-bond acceptors (Lipinski definition) is 3. The van der Waals surface area contributed by atoms with Gasteiger partial charge in [-0.25, -0.2) is 0 Å². The van der Waals surface area contributed by atoms with Crippen LogP contribution in [0.15, 0.2) is 22.7 Å². The number of likely N-dealkylation sites (N-methyl/N-ethyl adjacent to an activating group) is 1. The van der Waals surface area contributed by atoms with Crippen molar-refractivity contribution in [2.75, 3.05) is 32.2 Å². The number of hydrogen-bond donors (Lipinski definition) is 1. The molecule has 2 atom stereocenters. The second kappa shape index (κ2) is 6.04. The molecule has 100 valence electrons. The van der Waals surface area contributed by atoms with Gasteiger partial charge in [-0.15, -0.1) is 0 Å². The first-order valence-corrected chi connectivity index (χ1v) is 7.20. The van der Waals surface area contributed by atoms with Crippen molar-refractivity contribution < 1.29 is 4.74 Å². The van der Waals surface area contributed by atoms with Gasteiger partial charge in [0, 0.05) is 29.9 Å². The second-order valence-corrected chi connectivity index (χ2v) is 5.76. The van der Waals surface area contributed by atoms with Gasteiger partial charge < -0.3 is 15.0 Å². The maximum atomic E-state index is 5.49. The van der Waals surface area contributed by atoms with Crippen LogP contribution in [0.1, 0.15) is 24.9 Å². The van der Waals surface area contributed by atoms with Gasteiger partial charge in [-0.3, -0.25) is 0 Å². The van der Waals surface area contributed by atoms with Gasteiger partial charge in [-0.1, -0.05) is 22.0 Å². The maximum absolute atomic E-state index is 5.49. The summed E-state index contributed by atoms with van der Waals surface area (Å²) in [5.74, 6) is 0. The predicted octanol–water partition coefficient (Wildman–Crippen LogP) is 2.95. The molecule has 4 heteroatoms. The van der Waals surface area contributed by atoms with Crippen molar-refractivity contribution in [3.63, 3.8) is 0 Å². The molecule has 0 aliphatic carbocycles. The topological polar surface area (TPSA) is 24.5 Å². The molecule has 0 spiro atoms. The molecule has 18 heavy (non-hydrogen) atoms. The van der Waals surface area contributed by atoms with Crippen LogP contribution in [0, 0.1) is 0 Å². The van der Waals surface area contributed by atoms with Gasteiger partial charge in [0.2, 0.25) is 0 Å². The molecule has 1 saturated heterocycles. The van der Waals surface area contributed by atoms with E-state index in [0.717, 1.165) is 24.1 Å². The van der Waals surface area contributed by atoms with Crippen molar-refractivity contribution >= 4 is 21.6 Å². The number of nitrogens with one attached hydrogen (secondary N) is 1. The van der Waals surface area contributed by atoms with Crippen molar-refractivity contribution in [1.82, 2.24) is 5.32 Å². The SMILES string of the molecule is CNC(C)c1ccc(Br)cc1N(C)C1CCOC1. The summed E-state index contributed by atoms with van der Waals surface area (Å²) >= 11 is 3.57. The lowest BCUT2D eigenvalue weighted by Gasteiger charge is -2.29. The predicted molar refractivity (Wildman–Crippen MR) is 79.2 cm³/mol. The van der Waals surface area contributed by atoms with Crippen LogP contribution >= 0.6 is 15.9 Å². The molecule has 0 radical (unpaired) electrons. The van der Waals surface area contributed by atoms with Crippen LogP contribution in [0.5, 0.6) is 0 Å². The van der Waals surface area contributed by atoms with Gasteiger partial charge >= 0.3 is 0 Å². The molecule has 1 aromatic carbocycles. The van der Waals surface area contributed by atoms with Gasteiger partial charge in [0.15, 0.2) is 0 Å². The zero-order valence-corrected chi connectivity index (χ0v) is 12.8. The van der Waals surface area contributed by atoms with E-state index in [0.29, 0.717) is 12.1 Å². The maximum Gasteiger partial charge on any atom is 0.0670 e. The van der Waals surface area contributed by atoms with Gasteiger partial charge in [-0.05, 0) is 38.1 Å². The third kappa shape index (κ3) is 2.87. The van der Waals surface area contributed by atoms with E-state index >= 15 is 0 Å². The smallest absolute Gasteiger partial charge is 0.0670 e. The highest BCUT2D eigenvalue weighted by atomic mass is 79.9. The third-order valence-corrected chi connectivity index (χ3v) is 4.22. The molecule has 1 heterocycles. The van der Waals surface area contributed by atoms with Crippen molar-refractivity contribution in [2.45, 2.75) is 25.4 Å². The summed E-state index contributed by atoms with van der Waals surface area (Å²) in [7, 11) is 4.15. The van der Waals surface area contributed by atoms with Crippen molar-refractivity contribution in [2.24, 2.45) is 0 Å². The van der Waals surface area contributed by atoms with Crippen LogP contribution in [-0.4, -0.2) is 33.4 Å². The number of anilines is 1. The van der Waals surface area contributed by atoms with E-state index < -0.39 is 0 Å². The molecular formula is C14H21BrN2O. The van der Waals surface area contributed by atoms with E-state index in [9.17, 15) is 0 Å². The minimum Gasteiger partial charge on any atom is -0.379 e.